The van der Waals surface area contributed by atoms with Crippen molar-refractivity contribution in [2.45, 2.75) is 18.5 Å². The zero-order valence-electron chi connectivity index (χ0n) is 12.2. The van der Waals surface area contributed by atoms with Crippen LogP contribution < -0.4 is 5.73 Å². The molecule has 134 valence electrons. The van der Waals surface area contributed by atoms with Gasteiger partial charge in [0, 0.05) is 6.20 Å². The number of carbonyl (C=O) groups excluding carboxylic acids is 1. The van der Waals surface area contributed by atoms with E-state index in [4.69, 9.17) is 5.73 Å². The highest BCUT2D eigenvalue weighted by Gasteiger charge is 2.38. The van der Waals surface area contributed by atoms with E-state index in [0.29, 0.717) is 18.2 Å². The van der Waals surface area contributed by atoms with Gasteiger partial charge in [0.1, 0.15) is 0 Å². The van der Waals surface area contributed by atoms with Gasteiger partial charge in [0.05, 0.1) is 16.8 Å². The topological polar surface area (TPSA) is 65.2 Å². The lowest BCUT2D eigenvalue weighted by Gasteiger charge is -2.21. The fraction of sp³-hybridized carbons (Fsp3) is 0.200. The van der Waals surface area contributed by atoms with Crippen LogP contribution in [-0.4, -0.2) is 11.1 Å². The third-order valence-electron chi connectivity index (χ3n) is 3.17. The molecule has 0 saturated carbocycles. The van der Waals surface area contributed by atoms with Crippen LogP contribution in [0.25, 0.3) is 0 Å². The first-order valence-electron chi connectivity index (χ1n) is 6.65. The largest absolute Gasteiger partial charge is 0.435 e. The van der Waals surface area contributed by atoms with Crippen molar-refractivity contribution in [3.8, 4) is 0 Å². The highest BCUT2D eigenvalue weighted by molar-refractivity contribution is 5.65. The number of primary amides is 1. The van der Waals surface area contributed by atoms with E-state index >= 15 is 0 Å². The number of carbonyl (C=O) groups is 1. The molecule has 25 heavy (non-hydrogen) atoms. The fourth-order valence-corrected chi connectivity index (χ4v) is 2.11. The summed E-state index contributed by atoms with van der Waals surface area (Å²) in [7, 11) is 0. The molecule has 1 aromatic carbocycles. The number of rotatable bonds is 3. The molecule has 2 N–H and O–H groups in total. The number of alkyl halides is 6. The normalized spacial score (nSPS) is 13.4. The van der Waals surface area contributed by atoms with E-state index in [1.54, 1.807) is 0 Å². The quantitative estimate of drug-likeness (QED) is 0.826. The van der Waals surface area contributed by atoms with Gasteiger partial charge in [-0.15, -0.1) is 0 Å². The average Bonchev–Trinajstić information content (AvgIpc) is 2.51. The van der Waals surface area contributed by atoms with Crippen molar-refractivity contribution in [2.75, 3.05) is 0 Å². The summed E-state index contributed by atoms with van der Waals surface area (Å²) < 4.78 is 81.9. The molecule has 4 nitrogen and oxygen atoms in total. The van der Waals surface area contributed by atoms with E-state index in [0.717, 1.165) is 24.4 Å². The summed E-state index contributed by atoms with van der Waals surface area (Å²) in [5.74, 6) is 0. The van der Waals surface area contributed by atoms with Crippen LogP contribution in [-0.2, 0) is 17.1 Å². The molecule has 0 saturated heterocycles. The van der Waals surface area contributed by atoms with Crippen LogP contribution in [0.15, 0.2) is 42.6 Å². The zero-order chi connectivity index (χ0) is 18.8. The number of ether oxygens (including phenoxy) is 1. The van der Waals surface area contributed by atoms with E-state index in [1.807, 2.05) is 0 Å². The van der Waals surface area contributed by atoms with Gasteiger partial charge in [-0.25, -0.2) is 4.79 Å². The van der Waals surface area contributed by atoms with E-state index in [1.165, 1.54) is 0 Å². The van der Waals surface area contributed by atoms with Crippen LogP contribution in [0.3, 0.4) is 0 Å². The minimum Gasteiger partial charge on any atom is -0.435 e. The van der Waals surface area contributed by atoms with Crippen LogP contribution in [0.5, 0.6) is 0 Å². The Kier molecular flexibility index (Phi) is 4.91. The lowest BCUT2D eigenvalue weighted by Crippen LogP contribution is -2.22. The molecule has 0 aliphatic carbocycles. The molecular weight excluding hydrogens is 354 g/mol. The predicted octanol–water partition coefficient (Wildman–Crippen LogP) is 4.30. The Balaban J connectivity index is 2.53. The summed E-state index contributed by atoms with van der Waals surface area (Å²) in [4.78, 5) is 14.6. The smallest absolute Gasteiger partial charge is 0.418 e. The molecule has 0 aliphatic rings. The molecule has 1 unspecified atom stereocenters. The maximum absolute atomic E-state index is 13.1. The number of nitrogens with two attached hydrogens (primary N) is 1. The first kappa shape index (κ1) is 18.6. The second-order valence-corrected chi connectivity index (χ2v) is 4.87. The summed E-state index contributed by atoms with van der Waals surface area (Å²) in [5, 5.41) is 0. The fourth-order valence-electron chi connectivity index (χ4n) is 2.11. The third kappa shape index (κ3) is 4.40. The lowest BCUT2D eigenvalue weighted by atomic mass is 10.00. The Hall–Kier alpha value is -2.78. The molecular formula is C15H10F6N2O2. The second kappa shape index (κ2) is 6.61. The summed E-state index contributed by atoms with van der Waals surface area (Å²) >= 11 is 0. The minimum absolute atomic E-state index is 0.143. The maximum atomic E-state index is 13.1. The van der Waals surface area contributed by atoms with Gasteiger partial charge in [-0.2, -0.15) is 26.3 Å². The number of hydrogen-bond acceptors (Lipinski definition) is 3. The van der Waals surface area contributed by atoms with Gasteiger partial charge in [0.15, 0.2) is 6.10 Å². The summed E-state index contributed by atoms with van der Waals surface area (Å²) in [6, 6.07) is 4.84. The Bertz CT molecular complexity index is 756. The van der Waals surface area contributed by atoms with Gasteiger partial charge >= 0.3 is 18.4 Å². The molecule has 2 aromatic rings. The summed E-state index contributed by atoms with van der Waals surface area (Å²) in [6.07, 6.45) is -11.5. The first-order chi connectivity index (χ1) is 11.5. The van der Waals surface area contributed by atoms with Crippen molar-refractivity contribution < 1.29 is 35.9 Å². The van der Waals surface area contributed by atoms with Crippen molar-refractivity contribution in [3.63, 3.8) is 0 Å². The van der Waals surface area contributed by atoms with E-state index in [-0.39, 0.29) is 5.56 Å². The molecule has 0 fully saturated rings. The third-order valence-corrected chi connectivity index (χ3v) is 3.17. The number of nitrogens with zero attached hydrogens (tertiary/aromatic N) is 1. The number of pyridine rings is 1. The Labute approximate surface area is 137 Å². The lowest BCUT2D eigenvalue weighted by molar-refractivity contribution is -0.139. The van der Waals surface area contributed by atoms with Crippen molar-refractivity contribution in [1.82, 2.24) is 4.98 Å². The highest BCUT2D eigenvalue weighted by atomic mass is 19.4. The van der Waals surface area contributed by atoms with Gasteiger partial charge < -0.3 is 10.5 Å². The van der Waals surface area contributed by atoms with Gasteiger partial charge in [0.25, 0.3) is 0 Å². The SMILES string of the molecule is NC(=O)OC(c1ccc(C(F)(F)F)cc1)c1ncccc1C(F)(F)F. The first-order valence-corrected chi connectivity index (χ1v) is 6.65. The van der Waals surface area contributed by atoms with E-state index in [2.05, 4.69) is 9.72 Å². The van der Waals surface area contributed by atoms with Crippen LogP contribution in [0.2, 0.25) is 0 Å². The summed E-state index contributed by atoms with van der Waals surface area (Å²) in [6.45, 7) is 0. The molecule has 1 aromatic heterocycles. The monoisotopic (exact) mass is 364 g/mol. The van der Waals surface area contributed by atoms with Gasteiger partial charge in [-0.3, -0.25) is 4.98 Å². The number of benzene rings is 1. The van der Waals surface area contributed by atoms with Gasteiger partial charge in [-0.1, -0.05) is 12.1 Å². The van der Waals surface area contributed by atoms with E-state index in [9.17, 15) is 31.1 Å². The molecule has 1 heterocycles. The van der Waals surface area contributed by atoms with Crippen LogP contribution in [0.1, 0.15) is 28.5 Å². The Morgan fingerprint density at radius 1 is 1.00 bits per heavy atom. The highest BCUT2D eigenvalue weighted by Crippen LogP contribution is 2.37. The standard InChI is InChI=1S/C15H10F6N2O2/c16-14(17,18)9-5-3-8(4-6-9)12(25-13(22)24)11-10(15(19,20)21)2-1-7-23-11/h1-7,12H,(H2,22,24). The van der Waals surface area contributed by atoms with Gasteiger partial charge in [0.2, 0.25) is 0 Å². The zero-order valence-corrected chi connectivity index (χ0v) is 12.2. The molecule has 0 bridgehead atoms. The Morgan fingerprint density at radius 3 is 2.08 bits per heavy atom. The average molecular weight is 364 g/mol. The summed E-state index contributed by atoms with van der Waals surface area (Å²) in [5.41, 5.74) is 1.85. The number of aromatic nitrogens is 1. The van der Waals surface area contributed by atoms with Crippen molar-refractivity contribution in [2.24, 2.45) is 5.73 Å². The molecule has 0 aliphatic heterocycles. The predicted molar refractivity (Wildman–Crippen MR) is 73.2 cm³/mol. The van der Waals surface area contributed by atoms with Crippen LogP contribution in [0.4, 0.5) is 31.1 Å². The number of halogens is 6. The minimum atomic E-state index is -4.81. The number of amides is 1. The number of hydrogen-bond donors (Lipinski definition) is 1. The molecule has 0 radical (unpaired) electrons. The maximum Gasteiger partial charge on any atom is 0.418 e. The van der Waals surface area contributed by atoms with Gasteiger partial charge in [-0.05, 0) is 29.8 Å². The van der Waals surface area contributed by atoms with Crippen molar-refractivity contribution >= 4 is 6.09 Å². The molecule has 1 atom stereocenters. The second-order valence-electron chi connectivity index (χ2n) is 4.87. The molecule has 0 spiro atoms. The Morgan fingerprint density at radius 2 is 1.60 bits per heavy atom. The molecule has 10 heteroatoms. The van der Waals surface area contributed by atoms with E-state index < -0.39 is 41.4 Å². The molecule has 1 amide bonds. The molecule has 2 rings (SSSR count). The van der Waals surface area contributed by atoms with Crippen molar-refractivity contribution in [1.29, 1.82) is 0 Å². The van der Waals surface area contributed by atoms with Crippen LogP contribution >= 0.6 is 0 Å². The van der Waals surface area contributed by atoms with Crippen LogP contribution in [0, 0.1) is 0 Å². The van der Waals surface area contributed by atoms with Crippen molar-refractivity contribution in [3.05, 3.63) is 65.0 Å².